The summed E-state index contributed by atoms with van der Waals surface area (Å²) < 4.78 is 0. The average molecular weight is 356 g/mol. The van der Waals surface area contributed by atoms with Crippen molar-refractivity contribution in [2.24, 2.45) is 22.2 Å². The number of allylic oxidation sites excluding steroid dienone is 4. The zero-order chi connectivity index (χ0) is 18.7. The molecule has 0 saturated carbocycles. The SMILES string of the molecule is C=C/C=C(\C=C/N)CSc1ccc(N=C(N)C=C(C)NC(=C)N)cc1. The number of aliphatic imine (C=N–C) groups is 1. The van der Waals surface area contributed by atoms with Crippen LogP contribution in [0.15, 0.2) is 94.9 Å². The van der Waals surface area contributed by atoms with Gasteiger partial charge in [0.1, 0.15) is 5.84 Å². The number of nitrogens with zero attached hydrogens (tertiary/aromatic N) is 1. The van der Waals surface area contributed by atoms with E-state index in [1.54, 1.807) is 23.9 Å². The molecular weight excluding hydrogens is 330 g/mol. The van der Waals surface area contributed by atoms with Crippen LogP contribution in [-0.2, 0) is 0 Å². The van der Waals surface area contributed by atoms with Gasteiger partial charge in [0.25, 0.3) is 0 Å². The van der Waals surface area contributed by atoms with Crippen molar-refractivity contribution in [2.45, 2.75) is 11.8 Å². The van der Waals surface area contributed by atoms with E-state index in [0.717, 1.165) is 27.6 Å². The van der Waals surface area contributed by atoms with E-state index in [2.05, 4.69) is 23.5 Å². The topological polar surface area (TPSA) is 102 Å². The molecule has 7 N–H and O–H groups in total. The van der Waals surface area contributed by atoms with Crippen molar-refractivity contribution in [3.8, 4) is 0 Å². The highest BCUT2D eigenvalue weighted by Crippen LogP contribution is 2.24. The lowest BCUT2D eigenvalue weighted by Gasteiger charge is -2.05. The molecular formula is C19H25N5S. The molecule has 0 radical (unpaired) electrons. The van der Waals surface area contributed by atoms with Crippen LogP contribution in [0.25, 0.3) is 0 Å². The van der Waals surface area contributed by atoms with E-state index in [9.17, 15) is 0 Å². The summed E-state index contributed by atoms with van der Waals surface area (Å²) >= 11 is 1.71. The number of nitrogens with one attached hydrogen (secondary N) is 1. The van der Waals surface area contributed by atoms with Crippen molar-refractivity contribution >= 4 is 23.3 Å². The van der Waals surface area contributed by atoms with E-state index in [1.807, 2.05) is 43.3 Å². The highest BCUT2D eigenvalue weighted by Gasteiger charge is 1.98. The Hall–Kier alpha value is -2.86. The summed E-state index contributed by atoms with van der Waals surface area (Å²) in [7, 11) is 0. The maximum atomic E-state index is 5.91. The highest BCUT2D eigenvalue weighted by atomic mass is 32.2. The number of hydrogen-bond donors (Lipinski definition) is 4. The maximum Gasteiger partial charge on any atom is 0.125 e. The summed E-state index contributed by atoms with van der Waals surface area (Å²) in [6.07, 6.45) is 8.79. The molecule has 5 nitrogen and oxygen atoms in total. The third-order valence-electron chi connectivity index (χ3n) is 2.86. The molecule has 0 unspecified atom stereocenters. The van der Waals surface area contributed by atoms with E-state index in [1.165, 1.54) is 6.20 Å². The zero-order valence-corrected chi connectivity index (χ0v) is 15.2. The van der Waals surface area contributed by atoms with Crippen LogP contribution in [0.4, 0.5) is 5.69 Å². The summed E-state index contributed by atoms with van der Waals surface area (Å²) in [5, 5.41) is 2.87. The normalized spacial score (nSPS) is 13.1. The van der Waals surface area contributed by atoms with Gasteiger partial charge in [-0.15, -0.1) is 11.8 Å². The first-order chi connectivity index (χ1) is 11.9. The van der Waals surface area contributed by atoms with Crippen LogP contribution in [0, 0.1) is 0 Å². The second-order valence-electron chi connectivity index (χ2n) is 5.13. The van der Waals surface area contributed by atoms with Crippen molar-refractivity contribution in [3.63, 3.8) is 0 Å². The van der Waals surface area contributed by atoms with Crippen molar-refractivity contribution in [3.05, 3.63) is 85.0 Å². The maximum absolute atomic E-state index is 5.91. The number of benzene rings is 1. The van der Waals surface area contributed by atoms with Gasteiger partial charge in [0, 0.05) is 16.3 Å². The minimum absolute atomic E-state index is 0.359. The molecule has 1 rings (SSSR count). The van der Waals surface area contributed by atoms with Gasteiger partial charge >= 0.3 is 0 Å². The molecule has 1 aromatic carbocycles. The zero-order valence-electron chi connectivity index (χ0n) is 14.4. The summed E-state index contributed by atoms with van der Waals surface area (Å²) in [6, 6.07) is 7.85. The first-order valence-electron chi connectivity index (χ1n) is 7.61. The van der Waals surface area contributed by atoms with Crippen LogP contribution in [-0.4, -0.2) is 11.6 Å². The van der Waals surface area contributed by atoms with E-state index in [-0.39, 0.29) is 0 Å². The molecule has 0 aliphatic heterocycles. The number of amidine groups is 1. The third kappa shape index (κ3) is 8.53. The van der Waals surface area contributed by atoms with Crippen molar-refractivity contribution in [1.82, 2.24) is 5.32 Å². The Balaban J connectivity index is 2.72. The van der Waals surface area contributed by atoms with Gasteiger partial charge in [-0.25, -0.2) is 4.99 Å². The molecule has 0 atom stereocenters. The largest absolute Gasteiger partial charge is 0.405 e. The lowest BCUT2D eigenvalue weighted by molar-refractivity contribution is 0.956. The molecule has 0 saturated heterocycles. The summed E-state index contributed by atoms with van der Waals surface area (Å²) in [6.45, 7) is 9.11. The first-order valence-corrected chi connectivity index (χ1v) is 8.59. The molecule has 25 heavy (non-hydrogen) atoms. The Bertz CT molecular complexity index is 712. The predicted molar refractivity (Wildman–Crippen MR) is 110 cm³/mol. The monoisotopic (exact) mass is 355 g/mol. The number of hydrogen-bond acceptors (Lipinski definition) is 5. The fraction of sp³-hybridized carbons (Fsp3) is 0.105. The van der Waals surface area contributed by atoms with Gasteiger partial charge in [-0.05, 0) is 55.1 Å². The fourth-order valence-corrected chi connectivity index (χ4v) is 2.76. The van der Waals surface area contributed by atoms with Crippen molar-refractivity contribution < 1.29 is 0 Å². The second-order valence-corrected chi connectivity index (χ2v) is 6.18. The molecule has 1 aromatic rings. The predicted octanol–water partition coefficient (Wildman–Crippen LogP) is 3.28. The smallest absolute Gasteiger partial charge is 0.125 e. The van der Waals surface area contributed by atoms with Crippen LogP contribution in [0.1, 0.15) is 6.92 Å². The standard InChI is InChI=1S/C19H25N5S/c1-4-5-16(10-11-20)13-25-18-8-6-17(7-9-18)24-19(22)12-14(2)23-15(3)21/h4-12,23H,1,3,13,20-21H2,2H3,(H2,22,24)/b11-10-,14-12?,16-5+. The summed E-state index contributed by atoms with van der Waals surface area (Å²) in [5.41, 5.74) is 19.5. The fourth-order valence-electron chi connectivity index (χ4n) is 1.90. The molecule has 0 aliphatic carbocycles. The second kappa shape index (κ2) is 10.8. The van der Waals surface area contributed by atoms with E-state index in [4.69, 9.17) is 17.2 Å². The Kier molecular flexibility index (Phi) is 8.74. The van der Waals surface area contributed by atoms with Crippen LogP contribution in [0.5, 0.6) is 0 Å². The molecule has 0 aromatic heterocycles. The lowest BCUT2D eigenvalue weighted by atomic mass is 10.3. The van der Waals surface area contributed by atoms with E-state index < -0.39 is 0 Å². The lowest BCUT2D eigenvalue weighted by Crippen LogP contribution is -2.19. The van der Waals surface area contributed by atoms with Gasteiger partial charge in [-0.3, -0.25) is 0 Å². The van der Waals surface area contributed by atoms with Crippen LogP contribution in [0.3, 0.4) is 0 Å². The third-order valence-corrected chi connectivity index (χ3v) is 3.95. The highest BCUT2D eigenvalue weighted by molar-refractivity contribution is 7.99. The Labute approximate surface area is 153 Å². The van der Waals surface area contributed by atoms with Gasteiger partial charge < -0.3 is 22.5 Å². The molecule has 0 aliphatic rings. The van der Waals surface area contributed by atoms with Crippen LogP contribution < -0.4 is 22.5 Å². The van der Waals surface area contributed by atoms with E-state index >= 15 is 0 Å². The molecule has 0 spiro atoms. The quantitative estimate of drug-likeness (QED) is 0.236. The van der Waals surface area contributed by atoms with Crippen molar-refractivity contribution in [2.75, 3.05) is 5.75 Å². The first kappa shape index (κ1) is 20.2. The van der Waals surface area contributed by atoms with Crippen molar-refractivity contribution in [1.29, 1.82) is 0 Å². The molecule has 6 heteroatoms. The molecule has 0 heterocycles. The Morgan fingerprint density at radius 1 is 1.28 bits per heavy atom. The Morgan fingerprint density at radius 3 is 2.52 bits per heavy atom. The summed E-state index contributed by atoms with van der Waals surface area (Å²) in [4.78, 5) is 5.48. The molecule has 0 bridgehead atoms. The van der Waals surface area contributed by atoms with Gasteiger partial charge in [-0.1, -0.05) is 25.3 Å². The molecule has 132 valence electrons. The van der Waals surface area contributed by atoms with Gasteiger partial charge in [0.2, 0.25) is 0 Å². The summed E-state index contributed by atoms with van der Waals surface area (Å²) in [5.74, 6) is 1.55. The minimum atomic E-state index is 0.359. The Morgan fingerprint density at radius 2 is 1.96 bits per heavy atom. The number of rotatable bonds is 9. The van der Waals surface area contributed by atoms with Crippen LogP contribution >= 0.6 is 11.8 Å². The van der Waals surface area contributed by atoms with Crippen LogP contribution in [0.2, 0.25) is 0 Å². The average Bonchev–Trinajstić information content (AvgIpc) is 2.53. The van der Waals surface area contributed by atoms with Gasteiger partial charge in [-0.2, -0.15) is 0 Å². The van der Waals surface area contributed by atoms with Gasteiger partial charge in [0.15, 0.2) is 0 Å². The molecule has 0 amide bonds. The molecule has 0 fully saturated rings. The van der Waals surface area contributed by atoms with E-state index in [0.29, 0.717) is 11.7 Å². The van der Waals surface area contributed by atoms with Gasteiger partial charge in [0.05, 0.1) is 11.5 Å². The number of thioether (sulfide) groups is 1. The number of nitrogens with two attached hydrogens (primary N) is 3. The minimum Gasteiger partial charge on any atom is -0.405 e.